The van der Waals surface area contributed by atoms with E-state index < -0.39 is 42.3 Å². The Hall–Kier alpha value is -4.16. The third kappa shape index (κ3) is 14.9. The number of aliphatic imine (C=N–C) groups is 1. The van der Waals surface area contributed by atoms with Crippen LogP contribution in [-0.4, -0.2) is 112 Å². The first-order chi connectivity index (χ1) is 17.0. The van der Waals surface area contributed by atoms with Gasteiger partial charge >= 0.3 is 24.0 Å². The summed E-state index contributed by atoms with van der Waals surface area (Å²) in [6, 6.07) is 0. The summed E-state index contributed by atoms with van der Waals surface area (Å²) in [7, 11) is 3.99. The molecule has 2 aliphatic heterocycles. The van der Waals surface area contributed by atoms with Gasteiger partial charge in [0.15, 0.2) is 0 Å². The molecule has 0 spiro atoms. The van der Waals surface area contributed by atoms with Gasteiger partial charge in [-0.15, -0.1) is 5.06 Å². The van der Waals surface area contributed by atoms with Gasteiger partial charge in [0.2, 0.25) is 11.8 Å². The molecule has 3 N–H and O–H groups in total. The molecule has 202 valence electrons. The average Bonchev–Trinajstić information content (AvgIpc) is 3.37. The van der Waals surface area contributed by atoms with E-state index in [1.807, 2.05) is 5.32 Å². The molecule has 0 aromatic carbocycles. The van der Waals surface area contributed by atoms with Crippen molar-refractivity contribution in [1.82, 2.24) is 15.7 Å². The number of methoxy groups -OCH3 is 2. The predicted molar refractivity (Wildman–Crippen MR) is 111 cm³/mol. The number of rotatable bonds is 10. The first kappa shape index (κ1) is 31.8. The van der Waals surface area contributed by atoms with Crippen LogP contribution in [0.3, 0.4) is 0 Å². The van der Waals surface area contributed by atoms with Crippen LogP contribution in [0.2, 0.25) is 0 Å². The average molecular weight is 522 g/mol. The molecule has 0 aliphatic carbocycles. The number of carbonyl (C=O) groups is 7. The molecule has 4 amide bonds. The van der Waals surface area contributed by atoms with Gasteiger partial charge in [-0.25, -0.2) is 19.4 Å². The van der Waals surface area contributed by atoms with E-state index >= 15 is 0 Å². The second kappa shape index (κ2) is 18.2. The molecular weight excluding hydrogens is 496 g/mol. The zero-order valence-corrected chi connectivity index (χ0v) is 19.6. The summed E-state index contributed by atoms with van der Waals surface area (Å²) in [5, 5.41) is 12.6. The van der Waals surface area contributed by atoms with E-state index in [9.17, 15) is 33.6 Å². The number of imide groups is 1. The molecule has 2 heterocycles. The minimum atomic E-state index is -1.07. The summed E-state index contributed by atoms with van der Waals surface area (Å²) in [6.07, 6.45) is -0.986. The number of hydrogen-bond donors (Lipinski definition) is 3. The molecule has 36 heavy (non-hydrogen) atoms. The Bertz CT molecular complexity index is 828. The molecule has 0 atom stereocenters. The molecule has 0 saturated carbocycles. The second-order valence-corrected chi connectivity index (χ2v) is 6.16. The van der Waals surface area contributed by atoms with Gasteiger partial charge in [-0.1, -0.05) is 0 Å². The minimum Gasteiger partial charge on any atom is -0.480 e. The number of cyclic esters (lactones) is 1. The van der Waals surface area contributed by atoms with Crippen molar-refractivity contribution in [2.45, 2.75) is 12.8 Å². The van der Waals surface area contributed by atoms with E-state index in [4.69, 9.17) is 5.11 Å². The normalized spacial score (nSPS) is 13.8. The second-order valence-electron chi connectivity index (χ2n) is 6.16. The number of aliphatic carboxylic acids is 1. The molecule has 2 rings (SSSR count). The zero-order chi connectivity index (χ0) is 27.5. The van der Waals surface area contributed by atoms with Crippen molar-refractivity contribution < 1.29 is 67.5 Å². The van der Waals surface area contributed by atoms with Gasteiger partial charge < -0.3 is 34.8 Å². The molecule has 0 unspecified atom stereocenters. The Kier molecular flexibility index (Phi) is 16.1. The van der Waals surface area contributed by atoms with Gasteiger partial charge in [0, 0.05) is 27.1 Å². The number of nitrogens with one attached hydrogen (secondary N) is 2. The minimum absolute atomic E-state index is 0.00522. The van der Waals surface area contributed by atoms with Crippen LogP contribution >= 0.6 is 0 Å². The molecule has 18 heteroatoms. The topological polar surface area (TPSA) is 235 Å². The molecule has 1 saturated heterocycles. The van der Waals surface area contributed by atoms with Gasteiger partial charge in [0.1, 0.15) is 32.8 Å². The number of ether oxygens (including phenoxy) is 3. The third-order valence-corrected chi connectivity index (χ3v) is 3.33. The summed E-state index contributed by atoms with van der Waals surface area (Å²) in [5.41, 5.74) is 0. The first-order valence-corrected chi connectivity index (χ1v) is 9.79. The summed E-state index contributed by atoms with van der Waals surface area (Å²) >= 11 is 0. The SMILES string of the molecule is COCC(=O)NCC(=O)O.COCC1=NCC(=O)O1.COOC(=O)NCC(=O)ON1C(=O)CCC1=O. The van der Waals surface area contributed by atoms with Crippen LogP contribution < -0.4 is 10.6 Å². The van der Waals surface area contributed by atoms with Gasteiger partial charge in [0.25, 0.3) is 11.8 Å². The molecule has 0 bridgehead atoms. The van der Waals surface area contributed by atoms with Crippen molar-refractivity contribution in [3.8, 4) is 0 Å². The van der Waals surface area contributed by atoms with Crippen molar-refractivity contribution >= 4 is 47.6 Å². The fourth-order valence-corrected chi connectivity index (χ4v) is 1.95. The number of amides is 4. The lowest BCUT2D eigenvalue weighted by Gasteiger charge is -2.12. The highest BCUT2D eigenvalue weighted by Crippen LogP contribution is 2.11. The zero-order valence-electron chi connectivity index (χ0n) is 19.6. The van der Waals surface area contributed by atoms with E-state index in [1.165, 1.54) is 14.2 Å². The summed E-state index contributed by atoms with van der Waals surface area (Å²) in [4.78, 5) is 90.8. The van der Waals surface area contributed by atoms with Crippen LogP contribution in [0.4, 0.5) is 4.79 Å². The maximum atomic E-state index is 11.1. The highest BCUT2D eigenvalue weighted by molar-refractivity contribution is 6.01. The van der Waals surface area contributed by atoms with E-state index in [0.717, 1.165) is 7.11 Å². The van der Waals surface area contributed by atoms with Crippen molar-refractivity contribution in [3.05, 3.63) is 0 Å². The van der Waals surface area contributed by atoms with Crippen molar-refractivity contribution in [1.29, 1.82) is 0 Å². The molecule has 18 nitrogen and oxygen atoms in total. The molecular formula is C18H26N4O14. The Labute approximate surface area is 203 Å². The molecule has 0 aromatic heterocycles. The standard InChI is InChI=1S/C8H10N2O7.C5H9NO4.C5H7NO3/c1-15-17-8(14)9-4-7(13)16-10-5(11)2-3-6(10)12;1-10-3-4(7)6-2-5(8)9;1-8-3-4-6-2-5(7)9-4/h2-4H2,1H3,(H,9,14);2-3H2,1H3,(H,6,7)(H,8,9);2-3H2,1H3. The molecule has 1 fully saturated rings. The lowest BCUT2D eigenvalue weighted by molar-refractivity contribution is -0.213. The maximum absolute atomic E-state index is 11.1. The lowest BCUT2D eigenvalue weighted by Crippen LogP contribution is -2.37. The Balaban J connectivity index is 0.000000551. The lowest BCUT2D eigenvalue weighted by atomic mass is 10.4. The maximum Gasteiger partial charge on any atom is 0.439 e. The van der Waals surface area contributed by atoms with Gasteiger partial charge in [-0.05, 0) is 0 Å². The van der Waals surface area contributed by atoms with Crippen molar-refractivity contribution in [3.63, 3.8) is 0 Å². The highest BCUT2D eigenvalue weighted by atomic mass is 17.2. The molecule has 2 aliphatic rings. The van der Waals surface area contributed by atoms with Crippen LogP contribution in [0.1, 0.15) is 12.8 Å². The predicted octanol–water partition coefficient (Wildman–Crippen LogP) is -2.70. The van der Waals surface area contributed by atoms with Crippen molar-refractivity contribution in [2.75, 3.05) is 54.2 Å². The Morgan fingerprint density at radius 3 is 2.11 bits per heavy atom. The van der Waals surface area contributed by atoms with Crippen LogP contribution in [0.15, 0.2) is 4.99 Å². The van der Waals surface area contributed by atoms with E-state index in [0.29, 0.717) is 11.0 Å². The summed E-state index contributed by atoms with van der Waals surface area (Å²) in [6.45, 7) is -0.598. The van der Waals surface area contributed by atoms with E-state index in [2.05, 4.69) is 39.1 Å². The summed E-state index contributed by atoms with van der Waals surface area (Å²) in [5.74, 6) is -3.58. The number of carboxylic acid groups (broad SMARTS) is 1. The van der Waals surface area contributed by atoms with Crippen molar-refractivity contribution in [2.24, 2.45) is 4.99 Å². The van der Waals surface area contributed by atoms with Crippen LogP contribution in [0, 0.1) is 0 Å². The van der Waals surface area contributed by atoms with Gasteiger partial charge in [0.05, 0.1) is 7.11 Å². The number of hydroxylamine groups is 2. The quantitative estimate of drug-likeness (QED) is 0.115. The Morgan fingerprint density at radius 1 is 1.00 bits per heavy atom. The third-order valence-electron chi connectivity index (χ3n) is 3.33. The number of nitrogens with zero attached hydrogens (tertiary/aromatic N) is 2. The largest absolute Gasteiger partial charge is 0.480 e. The monoisotopic (exact) mass is 522 g/mol. The van der Waals surface area contributed by atoms with E-state index in [-0.39, 0.29) is 45.1 Å². The molecule has 0 radical (unpaired) electrons. The number of carbonyl (C=O) groups excluding carboxylic acids is 6. The van der Waals surface area contributed by atoms with Crippen LogP contribution in [0.25, 0.3) is 0 Å². The van der Waals surface area contributed by atoms with Crippen LogP contribution in [0.5, 0.6) is 0 Å². The smallest absolute Gasteiger partial charge is 0.439 e. The molecule has 0 aromatic rings. The Morgan fingerprint density at radius 2 is 1.64 bits per heavy atom. The van der Waals surface area contributed by atoms with Gasteiger partial charge in [-0.3, -0.25) is 24.1 Å². The first-order valence-electron chi connectivity index (χ1n) is 9.79. The number of esters is 1. The van der Waals surface area contributed by atoms with Gasteiger partial charge in [-0.2, -0.15) is 4.89 Å². The fraction of sp³-hybridized carbons (Fsp3) is 0.556. The number of carboxylic acids is 1. The van der Waals surface area contributed by atoms with Crippen LogP contribution in [-0.2, 0) is 57.6 Å². The number of hydrogen-bond acceptors (Lipinski definition) is 14. The summed E-state index contributed by atoms with van der Waals surface area (Å²) < 4.78 is 13.7. The van der Waals surface area contributed by atoms with E-state index in [1.54, 1.807) is 0 Å². The highest BCUT2D eigenvalue weighted by Gasteiger charge is 2.32. The fourth-order valence-electron chi connectivity index (χ4n) is 1.95.